The number of aromatic nitrogens is 2. The molecular formula is C19H19ClN4. The third-order valence-corrected chi connectivity index (χ3v) is 4.10. The van der Waals surface area contributed by atoms with E-state index >= 15 is 0 Å². The Hall–Kier alpha value is -2.59. The number of anilines is 4. The summed E-state index contributed by atoms with van der Waals surface area (Å²) in [6.07, 6.45) is 0. The van der Waals surface area contributed by atoms with Gasteiger partial charge in [-0.1, -0.05) is 35.9 Å². The van der Waals surface area contributed by atoms with Crippen molar-refractivity contribution in [2.75, 3.05) is 10.6 Å². The number of nitrogens with one attached hydrogen (secondary N) is 2. The summed E-state index contributed by atoms with van der Waals surface area (Å²) < 4.78 is 0. The number of benzene rings is 2. The molecule has 2 aromatic carbocycles. The van der Waals surface area contributed by atoms with Gasteiger partial charge in [0.15, 0.2) is 0 Å². The van der Waals surface area contributed by atoms with Crippen molar-refractivity contribution in [1.29, 1.82) is 0 Å². The predicted molar refractivity (Wildman–Crippen MR) is 101 cm³/mol. The van der Waals surface area contributed by atoms with Gasteiger partial charge in [-0.15, -0.1) is 0 Å². The summed E-state index contributed by atoms with van der Waals surface area (Å²) >= 11 is 6.18. The highest BCUT2D eigenvalue weighted by atomic mass is 35.5. The largest absolute Gasteiger partial charge is 0.340 e. The SMILES string of the molecule is Cc1cc(Nc2ccc(C)c(Cl)c2)nc(Nc2ccccc2C)n1. The van der Waals surface area contributed by atoms with E-state index < -0.39 is 0 Å². The Balaban J connectivity index is 1.86. The predicted octanol–water partition coefficient (Wildman–Crippen LogP) is 5.54. The van der Waals surface area contributed by atoms with Crippen LogP contribution in [0.15, 0.2) is 48.5 Å². The lowest BCUT2D eigenvalue weighted by atomic mass is 10.2. The third kappa shape index (κ3) is 3.84. The van der Waals surface area contributed by atoms with E-state index in [2.05, 4.69) is 20.6 Å². The van der Waals surface area contributed by atoms with Crippen LogP contribution >= 0.6 is 11.6 Å². The van der Waals surface area contributed by atoms with Gasteiger partial charge in [-0.2, -0.15) is 4.98 Å². The Labute approximate surface area is 146 Å². The average molecular weight is 339 g/mol. The summed E-state index contributed by atoms with van der Waals surface area (Å²) in [7, 11) is 0. The molecule has 122 valence electrons. The van der Waals surface area contributed by atoms with Crippen LogP contribution < -0.4 is 10.6 Å². The Bertz CT molecular complexity index is 877. The lowest BCUT2D eigenvalue weighted by molar-refractivity contribution is 1.10. The smallest absolute Gasteiger partial charge is 0.229 e. The molecule has 0 atom stereocenters. The molecule has 1 heterocycles. The summed E-state index contributed by atoms with van der Waals surface area (Å²) in [5.74, 6) is 1.28. The van der Waals surface area contributed by atoms with Gasteiger partial charge in [-0.25, -0.2) is 4.98 Å². The molecule has 24 heavy (non-hydrogen) atoms. The van der Waals surface area contributed by atoms with Gasteiger partial charge in [0.1, 0.15) is 5.82 Å². The Morgan fingerprint density at radius 1 is 0.833 bits per heavy atom. The van der Waals surface area contributed by atoms with Gasteiger partial charge in [-0.05, 0) is 50.1 Å². The molecule has 0 amide bonds. The molecule has 0 spiro atoms. The molecule has 0 unspecified atom stereocenters. The van der Waals surface area contributed by atoms with Crippen molar-refractivity contribution in [3.63, 3.8) is 0 Å². The first-order valence-electron chi connectivity index (χ1n) is 7.73. The van der Waals surface area contributed by atoms with Crippen molar-refractivity contribution in [3.8, 4) is 0 Å². The number of rotatable bonds is 4. The van der Waals surface area contributed by atoms with Gasteiger partial charge in [0.05, 0.1) is 0 Å². The van der Waals surface area contributed by atoms with Crippen LogP contribution in [0.5, 0.6) is 0 Å². The zero-order valence-corrected chi connectivity index (χ0v) is 14.6. The molecule has 3 aromatic rings. The summed E-state index contributed by atoms with van der Waals surface area (Å²) in [6.45, 7) is 5.97. The molecule has 4 nitrogen and oxygen atoms in total. The van der Waals surface area contributed by atoms with Crippen molar-refractivity contribution in [3.05, 3.63) is 70.4 Å². The zero-order chi connectivity index (χ0) is 17.1. The van der Waals surface area contributed by atoms with Crippen LogP contribution in [0.25, 0.3) is 0 Å². The molecule has 3 rings (SSSR count). The van der Waals surface area contributed by atoms with E-state index in [1.165, 1.54) is 0 Å². The first-order valence-corrected chi connectivity index (χ1v) is 8.10. The van der Waals surface area contributed by atoms with E-state index in [0.717, 1.165) is 39.0 Å². The monoisotopic (exact) mass is 338 g/mol. The minimum Gasteiger partial charge on any atom is -0.340 e. The van der Waals surface area contributed by atoms with Crippen LogP contribution in [0.1, 0.15) is 16.8 Å². The molecule has 5 heteroatoms. The van der Waals surface area contributed by atoms with Gasteiger partial charge in [-0.3, -0.25) is 0 Å². The minimum atomic E-state index is 0.560. The van der Waals surface area contributed by atoms with Crippen molar-refractivity contribution >= 4 is 34.7 Å². The molecule has 0 saturated heterocycles. The van der Waals surface area contributed by atoms with E-state index in [4.69, 9.17) is 11.6 Å². The lowest BCUT2D eigenvalue weighted by Gasteiger charge is -2.12. The lowest BCUT2D eigenvalue weighted by Crippen LogP contribution is -2.03. The normalized spacial score (nSPS) is 10.5. The van der Waals surface area contributed by atoms with Crippen LogP contribution in [0.4, 0.5) is 23.1 Å². The fourth-order valence-corrected chi connectivity index (χ4v) is 2.52. The molecule has 0 radical (unpaired) electrons. The highest BCUT2D eigenvalue weighted by Gasteiger charge is 2.06. The van der Waals surface area contributed by atoms with E-state index in [1.807, 2.05) is 69.3 Å². The molecular weight excluding hydrogens is 320 g/mol. The first-order chi connectivity index (χ1) is 11.5. The fraction of sp³-hybridized carbons (Fsp3) is 0.158. The average Bonchev–Trinajstić information content (AvgIpc) is 2.53. The van der Waals surface area contributed by atoms with Crippen LogP contribution in [0.3, 0.4) is 0 Å². The topological polar surface area (TPSA) is 49.8 Å². The zero-order valence-electron chi connectivity index (χ0n) is 13.9. The van der Waals surface area contributed by atoms with E-state index in [1.54, 1.807) is 0 Å². The Morgan fingerprint density at radius 2 is 1.62 bits per heavy atom. The number of halogens is 1. The van der Waals surface area contributed by atoms with Crippen LogP contribution in [-0.2, 0) is 0 Å². The number of para-hydroxylation sites is 1. The molecule has 0 fully saturated rings. The van der Waals surface area contributed by atoms with E-state index in [0.29, 0.717) is 5.95 Å². The summed E-state index contributed by atoms with van der Waals surface area (Å²) in [5.41, 5.74) is 4.95. The number of hydrogen-bond acceptors (Lipinski definition) is 4. The van der Waals surface area contributed by atoms with Gasteiger partial charge in [0.2, 0.25) is 5.95 Å². The minimum absolute atomic E-state index is 0.560. The number of hydrogen-bond donors (Lipinski definition) is 2. The number of nitrogens with zero attached hydrogens (tertiary/aromatic N) is 2. The summed E-state index contributed by atoms with van der Waals surface area (Å²) in [4.78, 5) is 9.00. The second-order valence-corrected chi connectivity index (χ2v) is 6.15. The second kappa shape index (κ2) is 6.89. The fourth-order valence-electron chi connectivity index (χ4n) is 2.34. The second-order valence-electron chi connectivity index (χ2n) is 5.75. The standard InChI is InChI=1S/C19H19ClN4/c1-12-8-9-15(11-16(12)20)22-18-10-14(3)21-19(24-18)23-17-7-5-4-6-13(17)2/h4-11H,1-3H3,(H2,21,22,23,24). The summed E-state index contributed by atoms with van der Waals surface area (Å²) in [5, 5.41) is 7.28. The molecule has 0 bridgehead atoms. The molecule has 0 aliphatic heterocycles. The van der Waals surface area contributed by atoms with Gasteiger partial charge in [0, 0.05) is 28.2 Å². The first kappa shape index (κ1) is 16.3. The highest BCUT2D eigenvalue weighted by molar-refractivity contribution is 6.31. The number of aryl methyl sites for hydroxylation is 3. The van der Waals surface area contributed by atoms with Crippen molar-refractivity contribution in [1.82, 2.24) is 9.97 Å². The van der Waals surface area contributed by atoms with Gasteiger partial charge < -0.3 is 10.6 Å². The van der Waals surface area contributed by atoms with E-state index in [9.17, 15) is 0 Å². The quantitative estimate of drug-likeness (QED) is 0.655. The molecule has 0 aliphatic carbocycles. The third-order valence-electron chi connectivity index (χ3n) is 3.69. The maximum atomic E-state index is 6.18. The molecule has 0 aliphatic rings. The van der Waals surface area contributed by atoms with E-state index in [-0.39, 0.29) is 0 Å². The maximum Gasteiger partial charge on any atom is 0.229 e. The Morgan fingerprint density at radius 3 is 2.38 bits per heavy atom. The summed E-state index contributed by atoms with van der Waals surface area (Å²) in [6, 6.07) is 15.8. The van der Waals surface area contributed by atoms with Crippen LogP contribution in [0, 0.1) is 20.8 Å². The van der Waals surface area contributed by atoms with Crippen LogP contribution in [0.2, 0.25) is 5.02 Å². The maximum absolute atomic E-state index is 6.18. The Kier molecular flexibility index (Phi) is 4.67. The van der Waals surface area contributed by atoms with Gasteiger partial charge >= 0.3 is 0 Å². The molecule has 1 aromatic heterocycles. The van der Waals surface area contributed by atoms with Crippen molar-refractivity contribution in [2.24, 2.45) is 0 Å². The molecule has 0 saturated carbocycles. The van der Waals surface area contributed by atoms with Crippen LogP contribution in [-0.4, -0.2) is 9.97 Å². The van der Waals surface area contributed by atoms with Gasteiger partial charge in [0.25, 0.3) is 0 Å². The van der Waals surface area contributed by atoms with Crippen molar-refractivity contribution < 1.29 is 0 Å². The molecule has 2 N–H and O–H groups in total. The highest BCUT2D eigenvalue weighted by Crippen LogP contribution is 2.24. The van der Waals surface area contributed by atoms with Crippen molar-refractivity contribution in [2.45, 2.75) is 20.8 Å².